The van der Waals surface area contributed by atoms with E-state index in [-0.39, 0.29) is 17.8 Å². The molecule has 2 saturated heterocycles. The molecule has 2 aliphatic heterocycles. The number of hydrogen-bond acceptors (Lipinski definition) is 11. The van der Waals surface area contributed by atoms with Crippen LogP contribution in [0.4, 0.5) is 33.9 Å². The molecule has 0 bridgehead atoms. The number of sulfonamides is 1. The average molecular weight is 599 g/mol. The summed E-state index contributed by atoms with van der Waals surface area (Å²) in [5.74, 6) is 1.48. The van der Waals surface area contributed by atoms with Crippen LogP contribution in [-0.4, -0.2) is 108 Å². The summed E-state index contributed by atoms with van der Waals surface area (Å²) in [7, 11) is -3.16. The van der Waals surface area contributed by atoms with E-state index in [1.807, 2.05) is 36.4 Å². The molecule has 15 heteroatoms. The molecule has 4 heterocycles. The second-order valence-corrected chi connectivity index (χ2v) is 12.3. The van der Waals surface area contributed by atoms with Crippen molar-refractivity contribution in [2.45, 2.75) is 20.3 Å². The number of amides is 1. The molecule has 1 amide bonds. The van der Waals surface area contributed by atoms with E-state index < -0.39 is 10.0 Å². The van der Waals surface area contributed by atoms with Crippen LogP contribution < -0.4 is 20.9 Å². The van der Waals surface area contributed by atoms with Crippen molar-refractivity contribution in [3.8, 4) is 5.69 Å². The number of aromatic nitrogens is 4. The van der Waals surface area contributed by atoms with Crippen molar-refractivity contribution in [2.75, 3.05) is 85.6 Å². The maximum absolute atomic E-state index is 12.2. The number of piperazine rings is 1. The molecule has 0 saturated carbocycles. The van der Waals surface area contributed by atoms with Crippen molar-refractivity contribution in [3.05, 3.63) is 42.6 Å². The summed E-state index contributed by atoms with van der Waals surface area (Å²) in [5, 5.41) is 7.78. The van der Waals surface area contributed by atoms with Gasteiger partial charge in [0.15, 0.2) is 0 Å². The third kappa shape index (κ3) is 6.68. The quantitative estimate of drug-likeness (QED) is 0.392. The lowest BCUT2D eigenvalue weighted by atomic mass is 10.2. The number of pyridine rings is 1. The van der Waals surface area contributed by atoms with Gasteiger partial charge in [-0.25, -0.2) is 18.2 Å². The van der Waals surface area contributed by atoms with Crippen LogP contribution in [0.5, 0.6) is 0 Å². The maximum atomic E-state index is 12.2. The predicted octanol–water partition coefficient (Wildman–Crippen LogP) is 2.13. The zero-order chi connectivity index (χ0) is 29.7. The molecular weight excluding hydrogens is 560 g/mol. The summed E-state index contributed by atoms with van der Waals surface area (Å²) in [5.41, 5.74) is 8.79. The first-order valence-electron chi connectivity index (χ1n) is 14.2. The molecule has 0 radical (unpaired) electrons. The van der Waals surface area contributed by atoms with E-state index in [1.54, 1.807) is 33.9 Å². The SMILES string of the molecule is CCOC(=O)N1CCCN(c2cc(-n3nc(Nc4ccc(N5CCN(S(=O)(=O)CC)CC5)cc4)nc3N)ccn2)CC1. The molecule has 3 aromatic rings. The van der Waals surface area contributed by atoms with Gasteiger partial charge in [0.25, 0.3) is 0 Å². The van der Waals surface area contributed by atoms with E-state index in [1.165, 1.54) is 0 Å². The minimum Gasteiger partial charge on any atom is -0.450 e. The van der Waals surface area contributed by atoms with Gasteiger partial charge in [-0.2, -0.15) is 14.0 Å². The van der Waals surface area contributed by atoms with Gasteiger partial charge in [-0.15, -0.1) is 5.10 Å². The van der Waals surface area contributed by atoms with Crippen molar-refractivity contribution in [1.82, 2.24) is 29.0 Å². The molecule has 0 spiro atoms. The molecule has 1 aromatic carbocycles. The molecule has 5 rings (SSSR count). The number of rotatable bonds is 8. The van der Waals surface area contributed by atoms with Crippen LogP contribution in [0.25, 0.3) is 5.69 Å². The zero-order valence-corrected chi connectivity index (χ0v) is 24.8. The van der Waals surface area contributed by atoms with Crippen molar-refractivity contribution >= 4 is 45.2 Å². The standard InChI is InChI=1S/C27H38N10O4S/c1-3-41-27(38)35-13-5-12-34(14-15-35)24-20-23(10-11-29-24)37-25(28)31-26(32-37)30-21-6-8-22(9-7-21)33-16-18-36(19-17-33)42(39,40)4-2/h6-11,20H,3-5,12-19H2,1-2H3,(H3,28,30,31,32). The lowest BCUT2D eigenvalue weighted by Crippen LogP contribution is -2.49. The number of benzene rings is 1. The van der Waals surface area contributed by atoms with Crippen LogP contribution in [0.3, 0.4) is 0 Å². The lowest BCUT2D eigenvalue weighted by Gasteiger charge is -2.35. The zero-order valence-electron chi connectivity index (χ0n) is 24.0. The first kappa shape index (κ1) is 29.4. The summed E-state index contributed by atoms with van der Waals surface area (Å²) >= 11 is 0. The van der Waals surface area contributed by atoms with Crippen LogP contribution >= 0.6 is 0 Å². The van der Waals surface area contributed by atoms with E-state index in [4.69, 9.17) is 10.5 Å². The summed E-state index contributed by atoms with van der Waals surface area (Å²) in [6, 6.07) is 11.6. The average Bonchev–Trinajstić information content (AvgIpc) is 3.20. The Morgan fingerprint density at radius 3 is 2.40 bits per heavy atom. The van der Waals surface area contributed by atoms with Gasteiger partial charge in [-0.1, -0.05) is 0 Å². The van der Waals surface area contributed by atoms with Crippen LogP contribution in [0, 0.1) is 0 Å². The fourth-order valence-corrected chi connectivity index (χ4v) is 6.20. The monoisotopic (exact) mass is 598 g/mol. The van der Waals surface area contributed by atoms with Gasteiger partial charge >= 0.3 is 6.09 Å². The number of nitrogens with zero attached hydrogens (tertiary/aromatic N) is 8. The molecule has 14 nitrogen and oxygen atoms in total. The predicted molar refractivity (Wildman–Crippen MR) is 162 cm³/mol. The van der Waals surface area contributed by atoms with Crippen molar-refractivity contribution in [3.63, 3.8) is 0 Å². The number of nitrogens with two attached hydrogens (primary N) is 1. The molecule has 42 heavy (non-hydrogen) atoms. The Morgan fingerprint density at radius 1 is 0.952 bits per heavy atom. The van der Waals surface area contributed by atoms with Gasteiger partial charge in [0.05, 0.1) is 18.0 Å². The van der Waals surface area contributed by atoms with Gasteiger partial charge in [-0.05, 0) is 50.6 Å². The highest BCUT2D eigenvalue weighted by atomic mass is 32.2. The second kappa shape index (κ2) is 12.8. The highest BCUT2D eigenvalue weighted by Gasteiger charge is 2.25. The Balaban J connectivity index is 1.21. The molecule has 2 aliphatic rings. The number of carbonyl (C=O) groups is 1. The number of nitrogens with one attached hydrogen (secondary N) is 1. The van der Waals surface area contributed by atoms with Crippen molar-refractivity contribution in [1.29, 1.82) is 0 Å². The first-order valence-corrected chi connectivity index (χ1v) is 15.8. The molecule has 2 aromatic heterocycles. The minimum absolute atomic E-state index is 0.125. The third-order valence-corrected chi connectivity index (χ3v) is 9.32. The number of hydrogen-bond donors (Lipinski definition) is 2. The molecular formula is C27H38N10O4S. The Bertz CT molecular complexity index is 1470. The molecule has 0 atom stereocenters. The smallest absolute Gasteiger partial charge is 0.409 e. The highest BCUT2D eigenvalue weighted by molar-refractivity contribution is 7.89. The number of anilines is 5. The lowest BCUT2D eigenvalue weighted by molar-refractivity contribution is 0.110. The first-order chi connectivity index (χ1) is 20.3. The van der Waals surface area contributed by atoms with Crippen molar-refractivity contribution in [2.24, 2.45) is 0 Å². The van der Waals surface area contributed by atoms with Gasteiger partial charge in [0, 0.05) is 76.0 Å². The molecule has 2 fully saturated rings. The van der Waals surface area contributed by atoms with E-state index >= 15 is 0 Å². The molecule has 226 valence electrons. The molecule has 0 unspecified atom stereocenters. The molecule has 3 N–H and O–H groups in total. The van der Waals surface area contributed by atoms with Gasteiger partial charge in [0.1, 0.15) is 5.82 Å². The summed E-state index contributed by atoms with van der Waals surface area (Å²) in [6.07, 6.45) is 2.23. The van der Waals surface area contributed by atoms with Crippen molar-refractivity contribution < 1.29 is 17.9 Å². The Labute approximate surface area is 246 Å². The topological polar surface area (TPSA) is 155 Å². The Hall–Kier alpha value is -4.11. The summed E-state index contributed by atoms with van der Waals surface area (Å²) in [6.45, 7) is 8.68. The normalized spacial score (nSPS) is 16.8. The number of nitrogen functional groups attached to an aromatic ring is 1. The third-order valence-electron chi connectivity index (χ3n) is 7.44. The van der Waals surface area contributed by atoms with Gasteiger partial charge in [0.2, 0.25) is 21.9 Å². The van der Waals surface area contributed by atoms with E-state index in [9.17, 15) is 13.2 Å². The van der Waals surface area contributed by atoms with Crippen LogP contribution in [0.15, 0.2) is 42.6 Å². The van der Waals surface area contributed by atoms with Crippen LogP contribution in [0.1, 0.15) is 20.3 Å². The fraction of sp³-hybridized carbons (Fsp3) is 0.481. The van der Waals surface area contributed by atoms with E-state index in [0.717, 1.165) is 35.8 Å². The number of ether oxygens (including phenoxy) is 1. The van der Waals surface area contributed by atoms with Gasteiger partial charge in [-0.3, -0.25) is 0 Å². The summed E-state index contributed by atoms with van der Waals surface area (Å²) < 4.78 is 32.6. The Morgan fingerprint density at radius 2 is 1.69 bits per heavy atom. The maximum Gasteiger partial charge on any atom is 0.409 e. The largest absolute Gasteiger partial charge is 0.450 e. The van der Waals surface area contributed by atoms with Crippen LogP contribution in [-0.2, 0) is 14.8 Å². The summed E-state index contributed by atoms with van der Waals surface area (Å²) in [4.78, 5) is 27.1. The number of carbonyl (C=O) groups excluding carboxylic acids is 1. The Kier molecular flexibility index (Phi) is 8.97. The fourth-order valence-electron chi connectivity index (χ4n) is 5.12. The van der Waals surface area contributed by atoms with E-state index in [0.29, 0.717) is 58.4 Å². The van der Waals surface area contributed by atoms with Gasteiger partial charge < -0.3 is 30.5 Å². The highest BCUT2D eigenvalue weighted by Crippen LogP contribution is 2.24. The second-order valence-electron chi connectivity index (χ2n) is 10.1. The minimum atomic E-state index is -3.16. The van der Waals surface area contributed by atoms with E-state index in [2.05, 4.69) is 30.2 Å². The van der Waals surface area contributed by atoms with Crippen LogP contribution in [0.2, 0.25) is 0 Å². The molecule has 0 aliphatic carbocycles.